The number of carbonyl (C=O) groups is 1. The van der Waals surface area contributed by atoms with E-state index in [0.29, 0.717) is 6.54 Å². The van der Waals surface area contributed by atoms with E-state index in [1.54, 1.807) is 13.8 Å². The third-order valence-corrected chi connectivity index (χ3v) is 2.98. The topological polar surface area (TPSA) is 55.1 Å². The molecule has 0 aliphatic rings. The molecule has 4 heteroatoms. The molecule has 3 N–H and O–H groups in total. The lowest BCUT2D eigenvalue weighted by Gasteiger charge is -2.22. The van der Waals surface area contributed by atoms with Gasteiger partial charge in [-0.15, -0.1) is 0 Å². The highest BCUT2D eigenvalue weighted by atomic mass is 127. The molecule has 1 amide bonds. The second kappa shape index (κ2) is 4.94. The van der Waals surface area contributed by atoms with E-state index in [1.165, 1.54) is 3.57 Å². The molecule has 0 atom stereocenters. The summed E-state index contributed by atoms with van der Waals surface area (Å²) in [5.41, 5.74) is 5.74. The van der Waals surface area contributed by atoms with Gasteiger partial charge in [0.25, 0.3) is 0 Å². The average Bonchev–Trinajstić information content (AvgIpc) is 2.17. The lowest BCUT2D eigenvalue weighted by atomic mass is 10.0. The zero-order chi connectivity index (χ0) is 11.5. The Balaban J connectivity index is 2.57. The van der Waals surface area contributed by atoms with Gasteiger partial charge in [0.1, 0.15) is 0 Å². The van der Waals surface area contributed by atoms with Crippen molar-refractivity contribution >= 4 is 28.5 Å². The Hall–Kier alpha value is -0.620. The number of halogens is 1. The number of rotatable bonds is 4. The van der Waals surface area contributed by atoms with Crippen molar-refractivity contribution in [3.63, 3.8) is 0 Å². The molecule has 1 aromatic carbocycles. The predicted octanol–water partition coefficient (Wildman–Crippen LogP) is 1.64. The van der Waals surface area contributed by atoms with Crippen LogP contribution in [0.1, 0.15) is 19.4 Å². The van der Waals surface area contributed by atoms with Gasteiger partial charge in [-0.25, -0.2) is 0 Å². The van der Waals surface area contributed by atoms with Gasteiger partial charge in [0.05, 0.1) is 5.54 Å². The van der Waals surface area contributed by atoms with Crippen LogP contribution in [0.25, 0.3) is 0 Å². The summed E-state index contributed by atoms with van der Waals surface area (Å²) in [4.78, 5) is 11.1. The summed E-state index contributed by atoms with van der Waals surface area (Å²) in [7, 11) is 0. The molecule has 1 rings (SSSR count). The predicted molar refractivity (Wildman–Crippen MR) is 69.3 cm³/mol. The van der Waals surface area contributed by atoms with Crippen LogP contribution < -0.4 is 11.1 Å². The first-order chi connectivity index (χ1) is 6.92. The normalized spacial score (nSPS) is 11.4. The minimum absolute atomic E-state index is 0.340. The fraction of sp³-hybridized carbons (Fsp3) is 0.364. The third-order valence-electron chi connectivity index (χ3n) is 2.26. The van der Waals surface area contributed by atoms with Crippen LogP contribution in [0.3, 0.4) is 0 Å². The van der Waals surface area contributed by atoms with Gasteiger partial charge in [-0.3, -0.25) is 10.1 Å². The van der Waals surface area contributed by atoms with E-state index in [2.05, 4.69) is 27.9 Å². The number of hydrogen-bond acceptors (Lipinski definition) is 2. The van der Waals surface area contributed by atoms with Gasteiger partial charge < -0.3 is 5.73 Å². The molecule has 0 radical (unpaired) electrons. The molecular weight excluding hydrogens is 303 g/mol. The van der Waals surface area contributed by atoms with Crippen LogP contribution in [0.4, 0.5) is 0 Å². The van der Waals surface area contributed by atoms with Gasteiger partial charge in [0.2, 0.25) is 5.91 Å². The first-order valence-electron chi connectivity index (χ1n) is 4.71. The maximum absolute atomic E-state index is 11.1. The molecule has 0 saturated carbocycles. The zero-order valence-corrected chi connectivity index (χ0v) is 11.0. The van der Waals surface area contributed by atoms with Gasteiger partial charge in [-0.2, -0.15) is 0 Å². The van der Waals surface area contributed by atoms with Crippen molar-refractivity contribution in [2.45, 2.75) is 25.9 Å². The van der Waals surface area contributed by atoms with Gasteiger partial charge >= 0.3 is 0 Å². The maximum Gasteiger partial charge on any atom is 0.237 e. The van der Waals surface area contributed by atoms with Crippen molar-refractivity contribution in [3.05, 3.63) is 33.4 Å². The first kappa shape index (κ1) is 12.4. The van der Waals surface area contributed by atoms with E-state index in [-0.39, 0.29) is 5.91 Å². The van der Waals surface area contributed by atoms with Crippen LogP contribution in [0.2, 0.25) is 0 Å². The molecule has 15 heavy (non-hydrogen) atoms. The molecule has 0 unspecified atom stereocenters. The van der Waals surface area contributed by atoms with E-state index in [1.807, 2.05) is 24.3 Å². The van der Waals surface area contributed by atoms with Gasteiger partial charge in [0.15, 0.2) is 0 Å². The number of amides is 1. The van der Waals surface area contributed by atoms with Crippen LogP contribution in [-0.2, 0) is 11.3 Å². The Kier molecular flexibility index (Phi) is 4.10. The summed E-state index contributed by atoms with van der Waals surface area (Å²) in [6.07, 6.45) is 0. The first-order valence-corrected chi connectivity index (χ1v) is 5.79. The second-order valence-corrected chi connectivity index (χ2v) is 5.21. The molecule has 0 saturated heterocycles. The van der Waals surface area contributed by atoms with E-state index < -0.39 is 5.54 Å². The van der Waals surface area contributed by atoms with Crippen LogP contribution in [-0.4, -0.2) is 11.4 Å². The highest BCUT2D eigenvalue weighted by molar-refractivity contribution is 14.1. The molecule has 0 aliphatic heterocycles. The number of benzene rings is 1. The summed E-state index contributed by atoms with van der Waals surface area (Å²) < 4.78 is 1.20. The Labute approximate surface area is 104 Å². The number of primary amides is 1. The molecule has 0 aliphatic carbocycles. The van der Waals surface area contributed by atoms with Crippen molar-refractivity contribution in [1.82, 2.24) is 5.32 Å². The Morgan fingerprint density at radius 2 is 1.93 bits per heavy atom. The Morgan fingerprint density at radius 3 is 2.40 bits per heavy atom. The Bertz CT molecular complexity index is 346. The summed E-state index contributed by atoms with van der Waals surface area (Å²) in [5, 5.41) is 3.12. The van der Waals surface area contributed by atoms with E-state index in [4.69, 9.17) is 5.73 Å². The molecular formula is C11H15IN2O. The van der Waals surface area contributed by atoms with E-state index in [9.17, 15) is 4.79 Å². The third kappa shape index (κ3) is 3.79. The van der Waals surface area contributed by atoms with Crippen LogP contribution in [0, 0.1) is 3.57 Å². The highest BCUT2D eigenvalue weighted by Crippen LogP contribution is 2.08. The summed E-state index contributed by atoms with van der Waals surface area (Å²) in [6.45, 7) is 4.21. The standard InChI is InChI=1S/C11H15IN2O/c1-11(2,10(13)15)14-7-8-3-5-9(12)6-4-8/h3-6,14H,7H2,1-2H3,(H2,13,15). The highest BCUT2D eigenvalue weighted by Gasteiger charge is 2.23. The van der Waals surface area contributed by atoms with Gasteiger partial charge in [0, 0.05) is 10.1 Å². The molecule has 0 fully saturated rings. The van der Waals surface area contributed by atoms with Crippen molar-refractivity contribution in [2.24, 2.45) is 5.73 Å². The second-order valence-electron chi connectivity index (χ2n) is 3.97. The molecule has 0 aromatic heterocycles. The SMILES string of the molecule is CC(C)(NCc1ccc(I)cc1)C(N)=O. The lowest BCUT2D eigenvalue weighted by Crippen LogP contribution is -2.50. The largest absolute Gasteiger partial charge is 0.368 e. The van der Waals surface area contributed by atoms with Gasteiger partial charge in [-0.1, -0.05) is 12.1 Å². The van der Waals surface area contributed by atoms with E-state index in [0.717, 1.165) is 5.56 Å². The van der Waals surface area contributed by atoms with Crippen molar-refractivity contribution in [3.8, 4) is 0 Å². The van der Waals surface area contributed by atoms with Crippen molar-refractivity contribution in [1.29, 1.82) is 0 Å². The number of carbonyl (C=O) groups excluding carboxylic acids is 1. The van der Waals surface area contributed by atoms with Gasteiger partial charge in [-0.05, 0) is 54.1 Å². The number of nitrogens with one attached hydrogen (secondary N) is 1. The van der Waals surface area contributed by atoms with Crippen LogP contribution in [0.15, 0.2) is 24.3 Å². The fourth-order valence-electron chi connectivity index (χ4n) is 1.01. The Morgan fingerprint density at radius 1 is 1.40 bits per heavy atom. The molecule has 0 spiro atoms. The minimum atomic E-state index is -0.664. The molecule has 0 heterocycles. The zero-order valence-electron chi connectivity index (χ0n) is 8.88. The quantitative estimate of drug-likeness (QED) is 0.830. The van der Waals surface area contributed by atoms with E-state index >= 15 is 0 Å². The maximum atomic E-state index is 11.1. The minimum Gasteiger partial charge on any atom is -0.368 e. The molecule has 3 nitrogen and oxygen atoms in total. The van der Waals surface area contributed by atoms with Crippen molar-refractivity contribution < 1.29 is 4.79 Å². The number of nitrogens with two attached hydrogens (primary N) is 1. The molecule has 0 bridgehead atoms. The summed E-state index contributed by atoms with van der Waals surface area (Å²) in [5.74, 6) is -0.340. The van der Waals surface area contributed by atoms with Crippen molar-refractivity contribution in [2.75, 3.05) is 0 Å². The summed E-state index contributed by atoms with van der Waals surface area (Å²) in [6, 6.07) is 8.14. The van der Waals surface area contributed by atoms with Crippen LogP contribution >= 0.6 is 22.6 Å². The number of hydrogen-bond donors (Lipinski definition) is 2. The summed E-state index contributed by atoms with van der Waals surface area (Å²) >= 11 is 2.26. The monoisotopic (exact) mass is 318 g/mol. The van der Waals surface area contributed by atoms with Crippen LogP contribution in [0.5, 0.6) is 0 Å². The lowest BCUT2D eigenvalue weighted by molar-refractivity contribution is -0.123. The average molecular weight is 318 g/mol. The molecule has 1 aromatic rings. The fourth-order valence-corrected chi connectivity index (χ4v) is 1.37. The molecule has 82 valence electrons. The smallest absolute Gasteiger partial charge is 0.237 e.